The highest BCUT2D eigenvalue weighted by molar-refractivity contribution is 6.18. The van der Waals surface area contributed by atoms with Gasteiger partial charge in [-0.2, -0.15) is 0 Å². The number of carbonyl (C=O) groups excluding carboxylic acids is 2. The first-order valence-electron chi connectivity index (χ1n) is 6.31. The van der Waals surface area contributed by atoms with Crippen LogP contribution in [0.4, 0.5) is 0 Å². The molecular formula is C14H23ClO4. The molecule has 19 heavy (non-hydrogen) atoms. The Hall–Kier alpha value is -0.900. The van der Waals surface area contributed by atoms with Gasteiger partial charge in [-0.25, -0.2) is 0 Å². The van der Waals surface area contributed by atoms with Crippen molar-refractivity contribution in [3.05, 3.63) is 0 Å². The number of halogens is 1. The number of hydrogen-bond acceptors (Lipinski definition) is 3. The maximum absolute atomic E-state index is 11.1. The molecule has 2 atom stereocenters. The molecule has 0 saturated carbocycles. The third kappa shape index (κ3) is 5.31. The summed E-state index contributed by atoms with van der Waals surface area (Å²) in [7, 11) is 0. The summed E-state index contributed by atoms with van der Waals surface area (Å²) in [6.45, 7) is 6.98. The van der Waals surface area contributed by atoms with Gasteiger partial charge in [-0.3, -0.25) is 4.79 Å². The highest BCUT2D eigenvalue weighted by Crippen LogP contribution is 2.38. The fraction of sp³-hybridized carbons (Fsp3) is 0.786. The Morgan fingerprint density at radius 2 is 1.53 bits per heavy atom. The second kappa shape index (κ2) is 7.04. The molecule has 0 aromatic heterocycles. The fourth-order valence-corrected chi connectivity index (χ4v) is 2.49. The lowest BCUT2D eigenvalue weighted by Crippen LogP contribution is -2.35. The summed E-state index contributed by atoms with van der Waals surface area (Å²) in [6, 6.07) is 0. The van der Waals surface area contributed by atoms with Crippen molar-refractivity contribution in [3.8, 4) is 0 Å². The van der Waals surface area contributed by atoms with Crippen LogP contribution >= 0.6 is 11.6 Å². The first-order valence-corrected chi connectivity index (χ1v) is 6.84. The number of carbonyl (C=O) groups is 3. The molecule has 0 fully saturated rings. The van der Waals surface area contributed by atoms with Gasteiger partial charge in [0.25, 0.3) is 0 Å². The molecule has 0 aliphatic rings. The summed E-state index contributed by atoms with van der Waals surface area (Å²) >= 11 is 5.91. The van der Waals surface area contributed by atoms with Crippen LogP contribution in [0.15, 0.2) is 0 Å². The maximum atomic E-state index is 11.1. The van der Waals surface area contributed by atoms with E-state index in [9.17, 15) is 14.4 Å². The Balaban J connectivity index is 5.14. The molecule has 0 amide bonds. The Morgan fingerprint density at radius 1 is 1.11 bits per heavy atom. The topological polar surface area (TPSA) is 71.4 Å². The Bertz CT molecular complexity index is 336. The van der Waals surface area contributed by atoms with Crippen LogP contribution in [0, 0.1) is 22.7 Å². The summed E-state index contributed by atoms with van der Waals surface area (Å²) < 4.78 is 0. The van der Waals surface area contributed by atoms with Crippen molar-refractivity contribution in [1.29, 1.82) is 0 Å². The van der Waals surface area contributed by atoms with Crippen molar-refractivity contribution in [1.82, 2.24) is 0 Å². The number of carboxylic acid groups (broad SMARTS) is 1. The number of hydrogen-bond donors (Lipinski definition) is 1. The van der Waals surface area contributed by atoms with Crippen molar-refractivity contribution >= 4 is 30.1 Å². The molecule has 0 aromatic carbocycles. The number of alkyl halides is 1. The molecule has 0 spiro atoms. The van der Waals surface area contributed by atoms with Crippen LogP contribution in [0.3, 0.4) is 0 Å². The zero-order chi connectivity index (χ0) is 15.3. The van der Waals surface area contributed by atoms with E-state index in [1.54, 1.807) is 27.7 Å². The van der Waals surface area contributed by atoms with Crippen molar-refractivity contribution in [2.75, 3.05) is 5.88 Å². The van der Waals surface area contributed by atoms with Gasteiger partial charge in [0.15, 0.2) is 0 Å². The van der Waals surface area contributed by atoms with E-state index in [2.05, 4.69) is 0 Å². The standard InChI is InChI=1S/C14H23ClO4/c1-13(2,8-16)10(6-12(18)19)5-11(7-15)14(3,4)9-17/h8-11H,5-7H2,1-4H3,(H,18,19). The maximum Gasteiger partial charge on any atom is 0.303 e. The van der Waals surface area contributed by atoms with Gasteiger partial charge in [0.2, 0.25) is 0 Å². The molecule has 5 heteroatoms. The van der Waals surface area contributed by atoms with E-state index in [4.69, 9.17) is 16.7 Å². The van der Waals surface area contributed by atoms with Crippen molar-refractivity contribution in [2.45, 2.75) is 40.5 Å². The number of rotatable bonds is 9. The lowest BCUT2D eigenvalue weighted by Gasteiger charge is -2.35. The average molecular weight is 291 g/mol. The minimum Gasteiger partial charge on any atom is -0.481 e. The normalized spacial score (nSPS) is 15.6. The monoisotopic (exact) mass is 290 g/mol. The van der Waals surface area contributed by atoms with Gasteiger partial charge in [-0.1, -0.05) is 27.7 Å². The Morgan fingerprint density at radius 3 is 1.84 bits per heavy atom. The predicted octanol–water partition coefficient (Wildman–Crippen LogP) is 2.77. The van der Waals surface area contributed by atoms with Gasteiger partial charge in [0, 0.05) is 23.1 Å². The minimum atomic E-state index is -0.947. The third-order valence-corrected chi connectivity index (χ3v) is 4.26. The molecule has 0 bridgehead atoms. The molecule has 0 aromatic rings. The SMILES string of the molecule is CC(C)(C=O)C(CCl)CC(CC(=O)O)C(C)(C)C=O. The first kappa shape index (κ1) is 18.1. The number of aldehydes is 2. The van der Waals surface area contributed by atoms with Crippen LogP contribution in [0.1, 0.15) is 40.5 Å². The van der Waals surface area contributed by atoms with Crippen LogP contribution < -0.4 is 0 Å². The van der Waals surface area contributed by atoms with Gasteiger partial charge in [-0.15, -0.1) is 11.6 Å². The Kier molecular flexibility index (Phi) is 6.70. The zero-order valence-electron chi connectivity index (χ0n) is 12.0. The largest absolute Gasteiger partial charge is 0.481 e. The molecule has 4 nitrogen and oxygen atoms in total. The zero-order valence-corrected chi connectivity index (χ0v) is 12.7. The summed E-state index contributed by atoms with van der Waals surface area (Å²) in [6.07, 6.45) is 1.95. The van der Waals surface area contributed by atoms with Gasteiger partial charge >= 0.3 is 5.97 Å². The summed E-state index contributed by atoms with van der Waals surface area (Å²) in [4.78, 5) is 33.2. The van der Waals surface area contributed by atoms with E-state index in [1.807, 2.05) is 0 Å². The average Bonchev–Trinajstić information content (AvgIpc) is 2.33. The van der Waals surface area contributed by atoms with Gasteiger partial charge < -0.3 is 14.7 Å². The van der Waals surface area contributed by atoms with E-state index in [1.165, 1.54) is 0 Å². The predicted molar refractivity (Wildman–Crippen MR) is 74.3 cm³/mol. The Labute approximate surface area is 119 Å². The fourth-order valence-electron chi connectivity index (χ4n) is 1.96. The molecule has 0 saturated heterocycles. The molecule has 2 unspecified atom stereocenters. The first-order chi connectivity index (χ1) is 8.60. The summed E-state index contributed by atoms with van der Waals surface area (Å²) in [5.74, 6) is -1.19. The third-order valence-electron chi connectivity index (χ3n) is 3.89. The van der Waals surface area contributed by atoms with E-state index < -0.39 is 16.8 Å². The van der Waals surface area contributed by atoms with Crippen LogP contribution in [-0.4, -0.2) is 29.5 Å². The number of aliphatic carboxylic acids is 1. The van der Waals surface area contributed by atoms with Crippen molar-refractivity contribution in [3.63, 3.8) is 0 Å². The molecule has 110 valence electrons. The van der Waals surface area contributed by atoms with Gasteiger partial charge in [0.1, 0.15) is 12.6 Å². The lowest BCUT2D eigenvalue weighted by atomic mass is 9.68. The van der Waals surface area contributed by atoms with E-state index in [-0.39, 0.29) is 24.1 Å². The summed E-state index contributed by atoms with van der Waals surface area (Å²) in [5.41, 5.74) is -1.38. The van der Waals surface area contributed by atoms with Crippen LogP contribution in [0.2, 0.25) is 0 Å². The molecule has 0 aliphatic heterocycles. The van der Waals surface area contributed by atoms with E-state index in [0.717, 1.165) is 12.6 Å². The second-order valence-corrected chi connectivity index (χ2v) is 6.57. The van der Waals surface area contributed by atoms with Crippen molar-refractivity contribution in [2.24, 2.45) is 22.7 Å². The minimum absolute atomic E-state index is 0.103. The van der Waals surface area contributed by atoms with Crippen LogP contribution in [0.5, 0.6) is 0 Å². The van der Waals surface area contributed by atoms with E-state index >= 15 is 0 Å². The highest BCUT2D eigenvalue weighted by atomic mass is 35.5. The van der Waals surface area contributed by atoms with Crippen LogP contribution in [0.25, 0.3) is 0 Å². The molecular weight excluding hydrogens is 268 g/mol. The summed E-state index contributed by atoms with van der Waals surface area (Å²) in [5, 5.41) is 8.97. The molecule has 0 aliphatic carbocycles. The second-order valence-electron chi connectivity index (χ2n) is 6.26. The van der Waals surface area contributed by atoms with Gasteiger partial charge in [-0.05, 0) is 18.3 Å². The molecule has 1 N–H and O–H groups in total. The molecule has 0 heterocycles. The van der Waals surface area contributed by atoms with Gasteiger partial charge in [0.05, 0.1) is 0 Å². The highest BCUT2D eigenvalue weighted by Gasteiger charge is 2.37. The quantitative estimate of drug-likeness (QED) is 0.523. The smallest absolute Gasteiger partial charge is 0.303 e. The van der Waals surface area contributed by atoms with E-state index in [0.29, 0.717) is 6.42 Å². The molecule has 0 rings (SSSR count). The molecule has 0 radical (unpaired) electrons. The number of carboxylic acids is 1. The lowest BCUT2D eigenvalue weighted by molar-refractivity contribution is -0.139. The van der Waals surface area contributed by atoms with Crippen molar-refractivity contribution < 1.29 is 19.5 Å². The van der Waals surface area contributed by atoms with Crippen LogP contribution in [-0.2, 0) is 14.4 Å².